The topological polar surface area (TPSA) is 108 Å². The van der Waals surface area contributed by atoms with Crippen molar-refractivity contribution in [3.63, 3.8) is 0 Å². The molecular formula is C43H52N6O2S3. The Kier molecular flexibility index (Phi) is 26.2. The van der Waals surface area contributed by atoms with Crippen molar-refractivity contribution in [2.75, 3.05) is 26.2 Å². The summed E-state index contributed by atoms with van der Waals surface area (Å²) in [6.45, 7) is 5.00. The fraction of sp³-hybridized carbons (Fsp3) is 0.209. The minimum absolute atomic E-state index is 0.956. The van der Waals surface area contributed by atoms with Crippen LogP contribution in [0.1, 0.15) is 32.1 Å². The first-order valence-electron chi connectivity index (χ1n) is 18.0. The van der Waals surface area contributed by atoms with Crippen molar-refractivity contribution in [1.29, 1.82) is 0 Å². The second-order valence-corrected chi connectivity index (χ2v) is 13.6. The number of imidazole rings is 1. The van der Waals surface area contributed by atoms with Gasteiger partial charge in [-0.2, -0.15) is 11.3 Å². The van der Waals surface area contributed by atoms with E-state index < -0.39 is 0 Å². The Morgan fingerprint density at radius 1 is 0.500 bits per heavy atom. The zero-order chi connectivity index (χ0) is 37.7. The molecule has 11 rings (SSSR count). The molecule has 0 bridgehead atoms. The maximum atomic E-state index is 5.12. The highest BCUT2D eigenvalue weighted by atomic mass is 32.1. The van der Waals surface area contributed by atoms with Gasteiger partial charge in [0.1, 0.15) is 5.58 Å². The molecule has 0 aliphatic carbocycles. The zero-order valence-corrected chi connectivity index (χ0v) is 33.1. The van der Waals surface area contributed by atoms with E-state index in [1.54, 1.807) is 83.2 Å². The van der Waals surface area contributed by atoms with Crippen LogP contribution >= 0.6 is 34.0 Å². The van der Waals surface area contributed by atoms with Gasteiger partial charge in [-0.05, 0) is 122 Å². The van der Waals surface area contributed by atoms with Gasteiger partial charge in [0.2, 0.25) is 0 Å². The Bertz CT molecular complexity index is 1530. The first kappa shape index (κ1) is 43.4. The molecule has 7 aromatic heterocycles. The van der Waals surface area contributed by atoms with Crippen molar-refractivity contribution in [1.82, 2.24) is 30.6 Å². The van der Waals surface area contributed by atoms with E-state index >= 15 is 0 Å². The van der Waals surface area contributed by atoms with Gasteiger partial charge in [0, 0.05) is 46.5 Å². The summed E-state index contributed by atoms with van der Waals surface area (Å²) in [6.07, 6.45) is 22.5. The lowest BCUT2D eigenvalue weighted by atomic mass is 10.2. The summed E-state index contributed by atoms with van der Waals surface area (Å²) in [5.41, 5.74) is 2.75. The van der Waals surface area contributed by atoms with E-state index in [1.165, 1.54) is 68.4 Å². The normalized spacial score (nSPS) is 12.0. The summed E-state index contributed by atoms with van der Waals surface area (Å²) >= 11 is 5.10. The first-order valence-corrected chi connectivity index (χ1v) is 20.7. The molecule has 0 atom stereocenters. The van der Waals surface area contributed by atoms with Gasteiger partial charge < -0.3 is 29.4 Å². The number of H-pyrrole nitrogens is 2. The Morgan fingerprint density at radius 2 is 1.19 bits per heavy atom. The second kappa shape index (κ2) is 32.6. The second-order valence-electron chi connectivity index (χ2n) is 11.1. The molecule has 2 aromatic carbocycles. The van der Waals surface area contributed by atoms with Crippen LogP contribution in [0.3, 0.4) is 0 Å². The molecule has 0 radical (unpaired) electrons. The fourth-order valence-electron chi connectivity index (χ4n) is 4.36. The Hall–Kier alpha value is -5.04. The molecule has 0 saturated carbocycles. The van der Waals surface area contributed by atoms with Crippen molar-refractivity contribution in [3.8, 4) is 0 Å². The van der Waals surface area contributed by atoms with Gasteiger partial charge in [-0.3, -0.25) is 4.98 Å². The number of rotatable bonds is 0. The average molecular weight is 781 g/mol. The van der Waals surface area contributed by atoms with Crippen LogP contribution < -0.4 is 10.6 Å². The van der Waals surface area contributed by atoms with E-state index in [4.69, 9.17) is 4.42 Å². The lowest BCUT2D eigenvalue weighted by Crippen LogP contribution is -2.21. The van der Waals surface area contributed by atoms with E-state index in [2.05, 4.69) is 70.7 Å². The van der Waals surface area contributed by atoms with Crippen LogP contribution in [0.2, 0.25) is 0 Å². The van der Waals surface area contributed by atoms with Crippen molar-refractivity contribution < 1.29 is 8.83 Å². The summed E-state index contributed by atoms with van der Waals surface area (Å²) in [4.78, 5) is 13.0. The van der Waals surface area contributed by atoms with E-state index in [9.17, 15) is 0 Å². The number of fused-ring (bicyclic) bond motifs is 2. The van der Waals surface area contributed by atoms with E-state index in [0.29, 0.717) is 0 Å². The largest absolute Gasteiger partial charge is 0.473 e. The maximum Gasteiger partial charge on any atom is 0.133 e. The Morgan fingerprint density at radius 3 is 1.59 bits per heavy atom. The Labute approximate surface area is 331 Å². The molecule has 2 fully saturated rings. The number of thiazole rings is 1. The monoisotopic (exact) mass is 780 g/mol. The number of nitrogens with zero attached hydrogens (tertiary/aromatic N) is 2. The number of hydrogen-bond acceptors (Lipinski definition) is 9. The molecule has 0 spiro atoms. The highest BCUT2D eigenvalue weighted by Crippen LogP contribution is 2.19. The lowest BCUT2D eigenvalue weighted by Gasteiger charge is -2.08. The highest BCUT2D eigenvalue weighted by Gasteiger charge is 1.94. The van der Waals surface area contributed by atoms with Gasteiger partial charge in [0.25, 0.3) is 0 Å². The van der Waals surface area contributed by atoms with Crippen LogP contribution in [-0.2, 0) is 0 Å². The van der Waals surface area contributed by atoms with E-state index in [0.717, 1.165) is 11.0 Å². The molecule has 2 saturated heterocycles. The minimum Gasteiger partial charge on any atom is -0.473 e. The fourth-order valence-corrected chi connectivity index (χ4v) is 5.96. The van der Waals surface area contributed by atoms with E-state index in [1.807, 2.05) is 95.3 Å². The third kappa shape index (κ3) is 23.5. The van der Waals surface area contributed by atoms with Crippen LogP contribution in [0.5, 0.6) is 0 Å². The summed E-state index contributed by atoms with van der Waals surface area (Å²) in [7, 11) is 0. The molecule has 2 aliphatic heterocycles. The van der Waals surface area contributed by atoms with Crippen LogP contribution in [0, 0.1) is 0 Å². The van der Waals surface area contributed by atoms with Gasteiger partial charge in [0.05, 0.1) is 30.6 Å². The third-order valence-electron chi connectivity index (χ3n) is 6.99. The van der Waals surface area contributed by atoms with Gasteiger partial charge in [-0.1, -0.05) is 55.0 Å². The SMILES string of the molecule is C1CCNC1.C1CCNCC1.c1c[nH]cn1.c1cc[nH]c1.c1ccc2occc2c1.c1ccc2sccc2c1.c1ccoc1.c1ccsc1.c1cscn1. The number of aromatic nitrogens is 4. The minimum atomic E-state index is 0.956. The molecule has 8 nitrogen and oxygen atoms in total. The number of hydrogen-bond donors (Lipinski definition) is 4. The summed E-state index contributed by atoms with van der Waals surface area (Å²) in [6, 6.07) is 32.0. The maximum absolute atomic E-state index is 5.12. The quantitative estimate of drug-likeness (QED) is 0.122. The van der Waals surface area contributed by atoms with Crippen LogP contribution in [0.15, 0.2) is 189 Å². The Balaban J connectivity index is 0.000000165. The van der Waals surface area contributed by atoms with Crippen molar-refractivity contribution >= 4 is 55.1 Å². The van der Waals surface area contributed by atoms with Gasteiger partial charge in [-0.15, -0.1) is 22.7 Å². The molecule has 9 heterocycles. The smallest absolute Gasteiger partial charge is 0.133 e. The van der Waals surface area contributed by atoms with E-state index in [-0.39, 0.29) is 0 Å². The van der Waals surface area contributed by atoms with Crippen LogP contribution in [-0.4, -0.2) is 46.1 Å². The molecule has 11 heteroatoms. The van der Waals surface area contributed by atoms with Gasteiger partial charge >= 0.3 is 0 Å². The summed E-state index contributed by atoms with van der Waals surface area (Å²) in [5, 5.41) is 17.2. The molecular weight excluding hydrogens is 729 g/mol. The van der Waals surface area contributed by atoms with Crippen molar-refractivity contribution in [2.45, 2.75) is 32.1 Å². The number of thiophene rings is 2. The number of aromatic amines is 2. The zero-order valence-electron chi connectivity index (χ0n) is 30.6. The average Bonchev–Trinajstić information content (AvgIpc) is 4.11. The van der Waals surface area contributed by atoms with Crippen LogP contribution in [0.25, 0.3) is 21.1 Å². The predicted octanol–water partition coefficient (Wildman–Crippen LogP) is 12.1. The molecule has 54 heavy (non-hydrogen) atoms. The predicted molar refractivity (Wildman–Crippen MR) is 231 cm³/mol. The molecule has 4 N–H and O–H groups in total. The lowest BCUT2D eigenvalue weighted by molar-refractivity contribution is 0.520. The van der Waals surface area contributed by atoms with Gasteiger partial charge in [-0.25, -0.2) is 4.98 Å². The number of nitrogens with one attached hydrogen (secondary N) is 4. The molecule has 0 unspecified atom stereocenters. The number of piperidine rings is 1. The number of para-hydroxylation sites is 1. The third-order valence-corrected chi connectivity index (χ3v) is 9.04. The summed E-state index contributed by atoms with van der Waals surface area (Å²) in [5.74, 6) is 0. The molecule has 2 aliphatic rings. The van der Waals surface area contributed by atoms with Crippen molar-refractivity contribution in [2.24, 2.45) is 0 Å². The van der Waals surface area contributed by atoms with Gasteiger partial charge in [0.15, 0.2) is 0 Å². The number of furan rings is 2. The molecule has 0 amide bonds. The standard InChI is InChI=1S/C8H6O.C8H6S.C5H11N.C4H9N.C4H5N.C4H4O.C4H4S.C3H4N2.C3H3NS/c2*1-2-4-8-7(3-1)5-6-9-8;1-2-4-6-5-3-1;4*1-2-4-5-3-1;2*1-2-5-3-4-1/h2*1-6H;6H,1-5H2;5H,1-4H2;1-5H;2*1-4H;1-3H,(H,4,5);1-3H. The van der Waals surface area contributed by atoms with Crippen molar-refractivity contribution in [3.05, 3.63) is 180 Å². The number of benzene rings is 2. The molecule has 9 aromatic rings. The molecule has 284 valence electrons. The highest BCUT2D eigenvalue weighted by molar-refractivity contribution is 7.17. The first-order chi connectivity index (χ1) is 26.9. The summed E-state index contributed by atoms with van der Waals surface area (Å²) < 4.78 is 11.1. The van der Waals surface area contributed by atoms with Crippen LogP contribution in [0.4, 0.5) is 0 Å².